The molecule has 0 spiro atoms. The molecule has 0 aliphatic rings. The maximum absolute atomic E-state index is 12.4. The van der Waals surface area contributed by atoms with Crippen LogP contribution in [-0.4, -0.2) is 12.4 Å². The largest absolute Gasteiger partial charge is 0.494 e. The first-order valence-corrected chi connectivity index (χ1v) is 6.26. The Bertz CT molecular complexity index is 605. The fraction of sp³-hybridized carbons (Fsp3) is 0.188. The molecule has 98 valence electrons. The first-order valence-electron chi connectivity index (χ1n) is 6.26. The molecule has 0 aliphatic carbocycles. The Balaban J connectivity index is 2.37. The van der Waals surface area contributed by atoms with Gasteiger partial charge in [-0.2, -0.15) is 0 Å². The topological polar surface area (TPSA) is 52.3 Å². The van der Waals surface area contributed by atoms with Crippen LogP contribution in [-0.2, 0) is 0 Å². The van der Waals surface area contributed by atoms with E-state index in [-0.39, 0.29) is 5.78 Å². The highest BCUT2D eigenvalue weighted by atomic mass is 16.5. The third-order valence-electron chi connectivity index (χ3n) is 2.96. The van der Waals surface area contributed by atoms with Gasteiger partial charge >= 0.3 is 0 Å². The molecule has 0 bridgehead atoms. The van der Waals surface area contributed by atoms with E-state index in [2.05, 4.69) is 0 Å². The molecule has 0 aliphatic heterocycles. The Labute approximate surface area is 113 Å². The fourth-order valence-corrected chi connectivity index (χ4v) is 2.00. The predicted octanol–water partition coefficient (Wildman–Crippen LogP) is 3.21. The van der Waals surface area contributed by atoms with Gasteiger partial charge in [0.2, 0.25) is 0 Å². The van der Waals surface area contributed by atoms with Crippen LogP contribution in [0.2, 0.25) is 0 Å². The van der Waals surface area contributed by atoms with Crippen LogP contribution in [0.25, 0.3) is 0 Å². The number of nitrogens with two attached hydrogens (primary N) is 1. The summed E-state index contributed by atoms with van der Waals surface area (Å²) in [6.45, 7) is 4.44. The van der Waals surface area contributed by atoms with Gasteiger partial charge in [0.15, 0.2) is 5.78 Å². The van der Waals surface area contributed by atoms with Crippen molar-refractivity contribution >= 4 is 11.5 Å². The van der Waals surface area contributed by atoms with E-state index in [0.717, 1.165) is 11.3 Å². The van der Waals surface area contributed by atoms with Crippen molar-refractivity contribution in [3.05, 3.63) is 59.2 Å². The van der Waals surface area contributed by atoms with Crippen molar-refractivity contribution in [3.8, 4) is 5.75 Å². The van der Waals surface area contributed by atoms with Crippen LogP contribution >= 0.6 is 0 Å². The molecule has 0 atom stereocenters. The van der Waals surface area contributed by atoms with E-state index < -0.39 is 0 Å². The lowest BCUT2D eigenvalue weighted by Gasteiger charge is -2.09. The highest BCUT2D eigenvalue weighted by Crippen LogP contribution is 2.22. The lowest BCUT2D eigenvalue weighted by Crippen LogP contribution is -2.07. The summed E-state index contributed by atoms with van der Waals surface area (Å²) in [4.78, 5) is 12.4. The molecule has 0 saturated heterocycles. The van der Waals surface area contributed by atoms with E-state index in [1.807, 2.05) is 38.1 Å². The van der Waals surface area contributed by atoms with Crippen molar-refractivity contribution in [2.45, 2.75) is 13.8 Å². The molecule has 0 amide bonds. The minimum Gasteiger partial charge on any atom is -0.494 e. The van der Waals surface area contributed by atoms with Gasteiger partial charge in [-0.05, 0) is 49.7 Å². The van der Waals surface area contributed by atoms with E-state index in [4.69, 9.17) is 10.5 Å². The maximum atomic E-state index is 12.4. The number of carbonyl (C=O) groups is 1. The predicted molar refractivity (Wildman–Crippen MR) is 76.6 cm³/mol. The number of nitrogen functional groups attached to an aromatic ring is 1. The molecule has 2 aromatic carbocycles. The van der Waals surface area contributed by atoms with E-state index in [0.29, 0.717) is 23.4 Å². The monoisotopic (exact) mass is 255 g/mol. The molecule has 2 aromatic rings. The van der Waals surface area contributed by atoms with Crippen LogP contribution in [0.1, 0.15) is 28.4 Å². The summed E-state index contributed by atoms with van der Waals surface area (Å²) in [5.74, 6) is 0.719. The van der Waals surface area contributed by atoms with Crippen molar-refractivity contribution in [2.75, 3.05) is 12.3 Å². The molecule has 0 heterocycles. The lowest BCUT2D eigenvalue weighted by atomic mass is 9.98. The summed E-state index contributed by atoms with van der Waals surface area (Å²) < 4.78 is 5.41. The van der Waals surface area contributed by atoms with Crippen LogP contribution in [0.3, 0.4) is 0 Å². The number of benzene rings is 2. The molecule has 0 radical (unpaired) electrons. The average molecular weight is 255 g/mol. The minimum absolute atomic E-state index is 0.0568. The molecule has 2 rings (SSSR count). The van der Waals surface area contributed by atoms with Crippen molar-refractivity contribution in [3.63, 3.8) is 0 Å². The molecule has 0 fully saturated rings. The highest BCUT2D eigenvalue weighted by molar-refractivity contribution is 6.12. The zero-order valence-corrected chi connectivity index (χ0v) is 11.1. The zero-order chi connectivity index (χ0) is 13.8. The van der Waals surface area contributed by atoms with Gasteiger partial charge in [-0.1, -0.05) is 12.1 Å². The van der Waals surface area contributed by atoms with Crippen LogP contribution in [0.15, 0.2) is 42.5 Å². The van der Waals surface area contributed by atoms with Gasteiger partial charge in [-0.25, -0.2) is 0 Å². The first kappa shape index (κ1) is 13.1. The van der Waals surface area contributed by atoms with Gasteiger partial charge in [0.1, 0.15) is 5.75 Å². The van der Waals surface area contributed by atoms with Gasteiger partial charge in [-0.3, -0.25) is 4.79 Å². The van der Waals surface area contributed by atoms with Gasteiger partial charge < -0.3 is 10.5 Å². The molecular formula is C16H17NO2. The standard InChI is InChI=1S/C16H17NO2/c1-3-19-12-8-9-13(11(2)10-12)16(18)14-6-4-5-7-15(14)17/h4-10H,3,17H2,1-2H3. The summed E-state index contributed by atoms with van der Waals surface area (Å²) in [5.41, 5.74) is 8.42. The fourth-order valence-electron chi connectivity index (χ4n) is 2.00. The lowest BCUT2D eigenvalue weighted by molar-refractivity contribution is 0.103. The Morgan fingerprint density at radius 2 is 1.89 bits per heavy atom. The molecule has 19 heavy (non-hydrogen) atoms. The number of ketones is 1. The van der Waals surface area contributed by atoms with Gasteiger partial charge in [0.25, 0.3) is 0 Å². The number of hydrogen-bond acceptors (Lipinski definition) is 3. The number of hydrogen-bond donors (Lipinski definition) is 1. The Hall–Kier alpha value is -2.29. The van der Waals surface area contributed by atoms with Gasteiger partial charge in [-0.15, -0.1) is 0 Å². The molecular weight excluding hydrogens is 238 g/mol. The summed E-state index contributed by atoms with van der Waals surface area (Å²) in [6.07, 6.45) is 0. The number of ether oxygens (including phenoxy) is 1. The quantitative estimate of drug-likeness (QED) is 0.674. The van der Waals surface area contributed by atoms with Crippen molar-refractivity contribution in [1.82, 2.24) is 0 Å². The second kappa shape index (κ2) is 5.57. The number of anilines is 1. The normalized spacial score (nSPS) is 10.2. The van der Waals surface area contributed by atoms with E-state index >= 15 is 0 Å². The Kier molecular flexibility index (Phi) is 3.85. The van der Waals surface area contributed by atoms with Crippen LogP contribution in [0, 0.1) is 6.92 Å². The number of para-hydroxylation sites is 1. The maximum Gasteiger partial charge on any atom is 0.195 e. The molecule has 3 heteroatoms. The molecule has 0 saturated carbocycles. The smallest absolute Gasteiger partial charge is 0.195 e. The van der Waals surface area contributed by atoms with Gasteiger partial charge in [0.05, 0.1) is 6.61 Å². The summed E-state index contributed by atoms with van der Waals surface area (Å²) in [5, 5.41) is 0. The molecule has 0 aromatic heterocycles. The van der Waals surface area contributed by atoms with Crippen LogP contribution in [0.5, 0.6) is 5.75 Å². The van der Waals surface area contributed by atoms with E-state index in [9.17, 15) is 4.79 Å². The average Bonchev–Trinajstić information content (AvgIpc) is 2.39. The Morgan fingerprint density at radius 1 is 1.16 bits per heavy atom. The molecule has 3 nitrogen and oxygen atoms in total. The van der Waals surface area contributed by atoms with Crippen molar-refractivity contribution in [2.24, 2.45) is 0 Å². The van der Waals surface area contributed by atoms with Crippen molar-refractivity contribution in [1.29, 1.82) is 0 Å². The van der Waals surface area contributed by atoms with E-state index in [1.165, 1.54) is 0 Å². The third kappa shape index (κ3) is 2.76. The minimum atomic E-state index is -0.0568. The number of aryl methyl sites for hydroxylation is 1. The summed E-state index contributed by atoms with van der Waals surface area (Å²) in [7, 11) is 0. The first-order chi connectivity index (χ1) is 9.13. The molecule has 0 unspecified atom stereocenters. The third-order valence-corrected chi connectivity index (χ3v) is 2.96. The number of rotatable bonds is 4. The number of carbonyl (C=O) groups excluding carboxylic acids is 1. The SMILES string of the molecule is CCOc1ccc(C(=O)c2ccccc2N)c(C)c1. The van der Waals surface area contributed by atoms with E-state index in [1.54, 1.807) is 18.2 Å². The van der Waals surface area contributed by atoms with Gasteiger partial charge in [0, 0.05) is 16.8 Å². The van der Waals surface area contributed by atoms with Crippen LogP contribution < -0.4 is 10.5 Å². The summed E-state index contributed by atoms with van der Waals surface area (Å²) >= 11 is 0. The zero-order valence-electron chi connectivity index (χ0n) is 11.1. The second-order valence-corrected chi connectivity index (χ2v) is 4.33. The second-order valence-electron chi connectivity index (χ2n) is 4.33. The summed E-state index contributed by atoms with van der Waals surface area (Å²) in [6, 6.07) is 12.6. The van der Waals surface area contributed by atoms with Crippen LogP contribution in [0.4, 0.5) is 5.69 Å². The van der Waals surface area contributed by atoms with Crippen molar-refractivity contribution < 1.29 is 9.53 Å². The molecule has 2 N–H and O–H groups in total. The highest BCUT2D eigenvalue weighted by Gasteiger charge is 2.14. The Morgan fingerprint density at radius 3 is 2.53 bits per heavy atom.